The van der Waals surface area contributed by atoms with Crippen molar-refractivity contribution in [3.63, 3.8) is 0 Å². The molecule has 0 aliphatic heterocycles. The lowest BCUT2D eigenvalue weighted by Gasteiger charge is -2.12. The molecule has 3 nitrogen and oxygen atoms in total. The van der Waals surface area contributed by atoms with E-state index in [0.29, 0.717) is 11.3 Å². The lowest BCUT2D eigenvalue weighted by molar-refractivity contribution is 0.595. The van der Waals surface area contributed by atoms with Gasteiger partial charge in [-0.05, 0) is 36.6 Å². The molecule has 0 fully saturated rings. The topological polar surface area (TPSA) is 60.2 Å². The van der Waals surface area contributed by atoms with Crippen molar-refractivity contribution in [2.45, 2.75) is 30.0 Å². The van der Waals surface area contributed by atoms with Crippen LogP contribution in [-0.4, -0.2) is 14.5 Å². The number of benzene rings is 2. The van der Waals surface area contributed by atoms with E-state index in [1.807, 2.05) is 37.3 Å². The van der Waals surface area contributed by atoms with Gasteiger partial charge >= 0.3 is 0 Å². The zero-order valence-electron chi connectivity index (χ0n) is 11.5. The molecule has 0 heterocycles. The van der Waals surface area contributed by atoms with Crippen LogP contribution < -0.4 is 5.73 Å². The molecule has 2 aromatic carbocycles. The van der Waals surface area contributed by atoms with Crippen LogP contribution in [0.4, 0.5) is 0 Å². The van der Waals surface area contributed by atoms with Crippen LogP contribution in [-0.2, 0) is 22.0 Å². The van der Waals surface area contributed by atoms with Crippen molar-refractivity contribution in [2.24, 2.45) is 5.73 Å². The van der Waals surface area contributed by atoms with E-state index in [4.69, 9.17) is 5.73 Å². The monoisotopic (exact) mass is 289 g/mol. The van der Waals surface area contributed by atoms with Crippen LogP contribution in [0.1, 0.15) is 18.1 Å². The predicted molar refractivity (Wildman–Crippen MR) is 81.1 cm³/mol. The Morgan fingerprint density at radius 3 is 2.10 bits per heavy atom. The van der Waals surface area contributed by atoms with Crippen LogP contribution in [0.3, 0.4) is 0 Å². The molecule has 0 aliphatic carbocycles. The van der Waals surface area contributed by atoms with Crippen molar-refractivity contribution in [3.8, 4) is 0 Å². The molecule has 106 valence electrons. The molecular weight excluding hydrogens is 270 g/mol. The average Bonchev–Trinajstić information content (AvgIpc) is 2.41. The van der Waals surface area contributed by atoms with Gasteiger partial charge in [0.1, 0.15) is 0 Å². The number of rotatable bonds is 5. The number of hydrogen-bond acceptors (Lipinski definition) is 3. The van der Waals surface area contributed by atoms with Crippen molar-refractivity contribution in [1.82, 2.24) is 0 Å². The second kappa shape index (κ2) is 6.20. The summed E-state index contributed by atoms with van der Waals surface area (Å²) in [5, 5.41) is 0. The van der Waals surface area contributed by atoms with E-state index < -0.39 is 9.84 Å². The highest BCUT2D eigenvalue weighted by molar-refractivity contribution is 7.90. The van der Waals surface area contributed by atoms with Crippen LogP contribution in [0.25, 0.3) is 0 Å². The molecule has 0 saturated carbocycles. The van der Waals surface area contributed by atoms with E-state index in [1.165, 1.54) is 0 Å². The summed E-state index contributed by atoms with van der Waals surface area (Å²) in [5.41, 5.74) is 7.65. The summed E-state index contributed by atoms with van der Waals surface area (Å²) in [6, 6.07) is 16.1. The van der Waals surface area contributed by atoms with Gasteiger partial charge in [-0.15, -0.1) is 0 Å². The maximum absolute atomic E-state index is 12.4. The van der Waals surface area contributed by atoms with Gasteiger partial charge in [0.25, 0.3) is 0 Å². The molecule has 0 saturated heterocycles. The van der Waals surface area contributed by atoms with Crippen LogP contribution >= 0.6 is 0 Å². The number of hydrogen-bond donors (Lipinski definition) is 1. The van der Waals surface area contributed by atoms with Crippen LogP contribution in [0.5, 0.6) is 0 Å². The molecule has 0 radical (unpaired) electrons. The minimum absolute atomic E-state index is 0.00980. The molecule has 1 atom stereocenters. The summed E-state index contributed by atoms with van der Waals surface area (Å²) < 4.78 is 24.8. The predicted octanol–water partition coefficient (Wildman–Crippen LogP) is 2.55. The summed E-state index contributed by atoms with van der Waals surface area (Å²) in [6.07, 6.45) is 0.681. The Hall–Kier alpha value is -1.65. The Morgan fingerprint density at radius 1 is 0.950 bits per heavy atom. The maximum Gasteiger partial charge on any atom is 0.182 e. The zero-order valence-corrected chi connectivity index (χ0v) is 12.3. The van der Waals surface area contributed by atoms with E-state index in [0.717, 1.165) is 11.1 Å². The highest BCUT2D eigenvalue weighted by Crippen LogP contribution is 2.19. The summed E-state index contributed by atoms with van der Waals surface area (Å²) in [6.45, 7) is 1.92. The molecule has 2 rings (SSSR count). The van der Waals surface area contributed by atoms with Crippen molar-refractivity contribution < 1.29 is 8.42 Å². The molecule has 1 unspecified atom stereocenters. The summed E-state index contributed by atoms with van der Waals surface area (Å²) in [4.78, 5) is 0.357. The third-order valence-corrected chi connectivity index (χ3v) is 4.79. The molecule has 2 aromatic rings. The molecule has 2 N–H and O–H groups in total. The average molecular weight is 289 g/mol. The van der Waals surface area contributed by atoms with E-state index in [2.05, 4.69) is 0 Å². The quantitative estimate of drug-likeness (QED) is 0.920. The molecule has 0 aliphatic rings. The van der Waals surface area contributed by atoms with Crippen LogP contribution in [0.15, 0.2) is 59.5 Å². The molecule has 0 amide bonds. The second-order valence-corrected chi connectivity index (χ2v) is 7.01. The number of sulfone groups is 1. The summed E-state index contributed by atoms with van der Waals surface area (Å²) in [7, 11) is -3.31. The second-order valence-electron chi connectivity index (χ2n) is 5.02. The van der Waals surface area contributed by atoms with Gasteiger partial charge in [-0.1, -0.05) is 42.5 Å². The highest BCUT2D eigenvalue weighted by Gasteiger charge is 2.17. The Labute approximate surface area is 120 Å². The fraction of sp³-hybridized carbons (Fsp3) is 0.250. The maximum atomic E-state index is 12.4. The van der Waals surface area contributed by atoms with E-state index in [1.54, 1.807) is 24.3 Å². The SMILES string of the molecule is CC(N)Cc1ccccc1CS(=O)(=O)c1ccccc1. The third kappa shape index (κ3) is 3.68. The Kier molecular flexibility index (Phi) is 4.57. The summed E-state index contributed by atoms with van der Waals surface area (Å²) >= 11 is 0. The minimum Gasteiger partial charge on any atom is -0.328 e. The van der Waals surface area contributed by atoms with Gasteiger partial charge in [-0.3, -0.25) is 0 Å². The largest absolute Gasteiger partial charge is 0.328 e. The van der Waals surface area contributed by atoms with Crippen LogP contribution in [0.2, 0.25) is 0 Å². The van der Waals surface area contributed by atoms with Gasteiger partial charge in [-0.25, -0.2) is 8.42 Å². The molecular formula is C16H19NO2S. The minimum atomic E-state index is -3.31. The van der Waals surface area contributed by atoms with E-state index in [9.17, 15) is 8.42 Å². The third-order valence-electron chi connectivity index (χ3n) is 3.11. The fourth-order valence-corrected chi connectivity index (χ4v) is 3.59. The van der Waals surface area contributed by atoms with Gasteiger partial charge in [0, 0.05) is 6.04 Å². The van der Waals surface area contributed by atoms with Crippen molar-refractivity contribution >= 4 is 9.84 Å². The first-order valence-electron chi connectivity index (χ1n) is 6.59. The van der Waals surface area contributed by atoms with E-state index >= 15 is 0 Å². The first-order chi connectivity index (χ1) is 9.49. The molecule has 0 spiro atoms. The van der Waals surface area contributed by atoms with Crippen LogP contribution in [0, 0.1) is 0 Å². The molecule has 0 aromatic heterocycles. The Balaban J connectivity index is 2.31. The first kappa shape index (κ1) is 14.8. The molecule has 4 heteroatoms. The Bertz CT molecular complexity index is 664. The lowest BCUT2D eigenvalue weighted by atomic mass is 10.0. The lowest BCUT2D eigenvalue weighted by Crippen LogP contribution is -2.19. The van der Waals surface area contributed by atoms with Crippen molar-refractivity contribution in [3.05, 3.63) is 65.7 Å². The normalized spacial score (nSPS) is 13.1. The zero-order chi connectivity index (χ0) is 14.6. The van der Waals surface area contributed by atoms with Gasteiger partial charge < -0.3 is 5.73 Å². The molecule has 0 bridgehead atoms. The summed E-state index contributed by atoms with van der Waals surface area (Å²) in [5.74, 6) is 0.0138. The van der Waals surface area contributed by atoms with Gasteiger partial charge in [-0.2, -0.15) is 0 Å². The molecule has 20 heavy (non-hydrogen) atoms. The van der Waals surface area contributed by atoms with E-state index in [-0.39, 0.29) is 11.8 Å². The van der Waals surface area contributed by atoms with Gasteiger partial charge in [0.2, 0.25) is 0 Å². The van der Waals surface area contributed by atoms with Crippen molar-refractivity contribution in [2.75, 3.05) is 0 Å². The van der Waals surface area contributed by atoms with Crippen molar-refractivity contribution in [1.29, 1.82) is 0 Å². The smallest absolute Gasteiger partial charge is 0.182 e. The first-order valence-corrected chi connectivity index (χ1v) is 8.24. The van der Waals surface area contributed by atoms with Gasteiger partial charge in [0.15, 0.2) is 9.84 Å². The fourth-order valence-electron chi connectivity index (χ4n) is 2.16. The standard InChI is InChI=1S/C16H19NO2S/c1-13(17)11-14-7-5-6-8-15(14)12-20(18,19)16-9-3-2-4-10-16/h2-10,13H,11-12,17H2,1H3. The Morgan fingerprint density at radius 2 is 1.50 bits per heavy atom. The number of nitrogens with two attached hydrogens (primary N) is 1. The van der Waals surface area contributed by atoms with Gasteiger partial charge in [0.05, 0.1) is 10.6 Å². The highest BCUT2D eigenvalue weighted by atomic mass is 32.2.